The summed E-state index contributed by atoms with van der Waals surface area (Å²) < 4.78 is 0. The largest absolute Gasteiger partial charge is 0.479 e. The highest BCUT2D eigenvalue weighted by atomic mass is 16.4. The van der Waals surface area contributed by atoms with Crippen LogP contribution in [-0.2, 0) is 11.3 Å². The Hall–Kier alpha value is -1.92. The quantitative estimate of drug-likeness (QED) is 0.698. The number of nitrogens with one attached hydrogen (secondary N) is 1. The molecule has 0 aromatic heterocycles. The average Bonchev–Trinajstić information content (AvgIpc) is 2.36. The van der Waals surface area contributed by atoms with Crippen molar-refractivity contribution >= 4 is 11.9 Å². The van der Waals surface area contributed by atoms with Gasteiger partial charge in [0.25, 0.3) is 5.91 Å². The van der Waals surface area contributed by atoms with Crippen molar-refractivity contribution in [2.45, 2.75) is 19.1 Å². The molecule has 1 atom stereocenters. The van der Waals surface area contributed by atoms with E-state index in [-0.39, 0.29) is 6.54 Å². The van der Waals surface area contributed by atoms with E-state index in [9.17, 15) is 14.7 Å². The highest BCUT2D eigenvalue weighted by molar-refractivity contribution is 5.94. The van der Waals surface area contributed by atoms with Gasteiger partial charge in [0.15, 0.2) is 5.60 Å². The van der Waals surface area contributed by atoms with Crippen LogP contribution in [0.5, 0.6) is 0 Å². The van der Waals surface area contributed by atoms with E-state index in [2.05, 4.69) is 5.32 Å². The molecule has 20 heavy (non-hydrogen) atoms. The smallest absolute Gasteiger partial charge is 0.337 e. The number of carboxylic acids is 1. The van der Waals surface area contributed by atoms with E-state index in [1.165, 1.54) is 0 Å². The first-order valence-electron chi connectivity index (χ1n) is 6.20. The Bertz CT molecular complexity index is 480. The van der Waals surface area contributed by atoms with Crippen LogP contribution in [0.1, 0.15) is 22.8 Å². The summed E-state index contributed by atoms with van der Waals surface area (Å²) in [5.74, 6) is -1.79. The van der Waals surface area contributed by atoms with Crippen LogP contribution in [0.15, 0.2) is 24.3 Å². The molecule has 1 rings (SSSR count). The average molecular weight is 280 g/mol. The molecule has 0 saturated heterocycles. The van der Waals surface area contributed by atoms with E-state index < -0.39 is 17.5 Å². The standard InChI is InChI=1S/C14H20N2O4/c1-14(20,13(18)19)9-15-12(17)11-6-4-10(5-7-11)8-16(2)3/h4-7,20H,8-9H2,1-3H3,(H,15,17)(H,18,19). The summed E-state index contributed by atoms with van der Waals surface area (Å²) in [5, 5.41) is 20.7. The van der Waals surface area contributed by atoms with Crippen LogP contribution in [0.3, 0.4) is 0 Å². The SMILES string of the molecule is CN(C)Cc1ccc(C(=O)NCC(C)(O)C(=O)O)cc1. The molecule has 1 amide bonds. The minimum atomic E-state index is -1.97. The lowest BCUT2D eigenvalue weighted by molar-refractivity contribution is -0.155. The first-order valence-corrected chi connectivity index (χ1v) is 6.20. The number of hydrogen-bond donors (Lipinski definition) is 3. The summed E-state index contributed by atoms with van der Waals surface area (Å²) in [6.45, 7) is 1.56. The van der Waals surface area contributed by atoms with Crippen molar-refractivity contribution in [2.75, 3.05) is 20.6 Å². The van der Waals surface area contributed by atoms with Crippen LogP contribution in [0.2, 0.25) is 0 Å². The minimum Gasteiger partial charge on any atom is -0.479 e. The van der Waals surface area contributed by atoms with Gasteiger partial charge in [0.05, 0.1) is 6.54 Å². The second kappa shape index (κ2) is 6.49. The van der Waals surface area contributed by atoms with Crippen LogP contribution >= 0.6 is 0 Å². The molecule has 3 N–H and O–H groups in total. The Kier molecular flexibility index (Phi) is 5.24. The molecule has 0 aliphatic carbocycles. The lowest BCUT2D eigenvalue weighted by Gasteiger charge is -2.18. The summed E-state index contributed by atoms with van der Waals surface area (Å²) in [6, 6.07) is 7.02. The zero-order valence-electron chi connectivity index (χ0n) is 11.9. The van der Waals surface area contributed by atoms with Gasteiger partial charge in [-0.1, -0.05) is 12.1 Å². The lowest BCUT2D eigenvalue weighted by Crippen LogP contribution is -2.46. The minimum absolute atomic E-state index is 0.347. The molecule has 0 saturated carbocycles. The molecule has 0 spiro atoms. The third-order valence-corrected chi connectivity index (χ3v) is 2.77. The number of hydrogen-bond acceptors (Lipinski definition) is 4. The summed E-state index contributed by atoms with van der Waals surface area (Å²) in [4.78, 5) is 24.5. The number of aliphatic hydroxyl groups is 1. The van der Waals surface area contributed by atoms with Gasteiger partial charge in [-0.25, -0.2) is 4.79 Å². The van der Waals surface area contributed by atoms with Gasteiger partial charge in [0.1, 0.15) is 0 Å². The van der Waals surface area contributed by atoms with Crippen LogP contribution < -0.4 is 5.32 Å². The Balaban J connectivity index is 2.62. The van der Waals surface area contributed by atoms with Crippen molar-refractivity contribution < 1.29 is 19.8 Å². The van der Waals surface area contributed by atoms with Gasteiger partial charge >= 0.3 is 5.97 Å². The van der Waals surface area contributed by atoms with Gasteiger partial charge < -0.3 is 20.4 Å². The molecule has 0 aliphatic heterocycles. The van der Waals surface area contributed by atoms with E-state index in [4.69, 9.17) is 5.11 Å². The number of benzene rings is 1. The first-order chi connectivity index (χ1) is 9.22. The number of carbonyl (C=O) groups is 2. The second-order valence-electron chi connectivity index (χ2n) is 5.20. The molecule has 110 valence electrons. The van der Waals surface area contributed by atoms with Gasteiger partial charge in [0, 0.05) is 12.1 Å². The fourth-order valence-corrected chi connectivity index (χ4v) is 1.56. The van der Waals surface area contributed by atoms with Gasteiger partial charge in [-0.2, -0.15) is 0 Å². The number of rotatable bonds is 6. The van der Waals surface area contributed by atoms with Gasteiger partial charge in [-0.05, 0) is 38.7 Å². The summed E-state index contributed by atoms with van der Waals surface area (Å²) in [7, 11) is 3.91. The predicted octanol–water partition coefficient (Wildman–Crippen LogP) is 0.314. The van der Waals surface area contributed by atoms with Gasteiger partial charge in [0.2, 0.25) is 0 Å². The van der Waals surface area contributed by atoms with Gasteiger partial charge in [-0.3, -0.25) is 4.79 Å². The zero-order valence-corrected chi connectivity index (χ0v) is 11.9. The van der Waals surface area contributed by atoms with Crippen LogP contribution in [0.4, 0.5) is 0 Å². The number of carbonyl (C=O) groups excluding carboxylic acids is 1. The van der Waals surface area contributed by atoms with Crippen molar-refractivity contribution in [3.05, 3.63) is 35.4 Å². The monoisotopic (exact) mass is 280 g/mol. The van der Waals surface area contributed by atoms with E-state index in [0.29, 0.717) is 5.56 Å². The Morgan fingerprint density at radius 2 is 1.80 bits per heavy atom. The first kappa shape index (κ1) is 16.1. The summed E-state index contributed by atoms with van der Waals surface area (Å²) in [5.41, 5.74) is -0.474. The van der Waals surface area contributed by atoms with Crippen molar-refractivity contribution in [3.63, 3.8) is 0 Å². The normalized spacial score (nSPS) is 13.8. The third kappa shape index (κ3) is 4.64. The Morgan fingerprint density at radius 1 is 1.25 bits per heavy atom. The van der Waals surface area contributed by atoms with Gasteiger partial charge in [-0.15, -0.1) is 0 Å². The van der Waals surface area contributed by atoms with Crippen molar-refractivity contribution in [3.8, 4) is 0 Å². The fourth-order valence-electron chi connectivity index (χ4n) is 1.56. The number of nitrogens with zero attached hydrogens (tertiary/aromatic N) is 1. The maximum atomic E-state index is 11.8. The molecule has 0 fully saturated rings. The molecule has 0 heterocycles. The van der Waals surface area contributed by atoms with E-state index in [1.54, 1.807) is 12.1 Å². The molecular weight excluding hydrogens is 260 g/mol. The number of amides is 1. The van der Waals surface area contributed by atoms with Crippen LogP contribution in [0.25, 0.3) is 0 Å². The van der Waals surface area contributed by atoms with Crippen LogP contribution in [0, 0.1) is 0 Å². The highest BCUT2D eigenvalue weighted by Crippen LogP contribution is 2.07. The lowest BCUT2D eigenvalue weighted by atomic mass is 10.1. The Morgan fingerprint density at radius 3 is 2.25 bits per heavy atom. The third-order valence-electron chi connectivity index (χ3n) is 2.77. The molecule has 1 unspecified atom stereocenters. The molecule has 1 aromatic carbocycles. The maximum Gasteiger partial charge on any atom is 0.337 e. The second-order valence-corrected chi connectivity index (χ2v) is 5.20. The molecule has 1 aromatic rings. The van der Waals surface area contributed by atoms with E-state index in [1.807, 2.05) is 31.1 Å². The molecule has 0 bridgehead atoms. The van der Waals surface area contributed by atoms with Crippen LogP contribution in [-0.4, -0.2) is 53.2 Å². The molecule has 0 aliphatic rings. The Labute approximate surface area is 118 Å². The topological polar surface area (TPSA) is 89.9 Å². The predicted molar refractivity (Wildman–Crippen MR) is 74.4 cm³/mol. The molecule has 0 radical (unpaired) electrons. The number of carboxylic acid groups (broad SMARTS) is 1. The van der Waals surface area contributed by atoms with Crippen molar-refractivity contribution in [1.29, 1.82) is 0 Å². The maximum absolute atomic E-state index is 11.8. The zero-order chi connectivity index (χ0) is 15.3. The van der Waals surface area contributed by atoms with Crippen molar-refractivity contribution in [2.24, 2.45) is 0 Å². The molecule has 6 nitrogen and oxygen atoms in total. The summed E-state index contributed by atoms with van der Waals surface area (Å²) >= 11 is 0. The summed E-state index contributed by atoms with van der Waals surface area (Å²) in [6.07, 6.45) is 0. The molecule has 6 heteroatoms. The fraction of sp³-hybridized carbons (Fsp3) is 0.429. The molecular formula is C14H20N2O4. The van der Waals surface area contributed by atoms with Crippen molar-refractivity contribution in [1.82, 2.24) is 10.2 Å². The number of aliphatic carboxylic acids is 1. The highest BCUT2D eigenvalue weighted by Gasteiger charge is 2.30. The van der Waals surface area contributed by atoms with E-state index >= 15 is 0 Å². The van der Waals surface area contributed by atoms with E-state index in [0.717, 1.165) is 19.0 Å².